The van der Waals surface area contributed by atoms with E-state index in [9.17, 15) is 9.59 Å². The Bertz CT molecular complexity index is 268. The summed E-state index contributed by atoms with van der Waals surface area (Å²) in [6, 6.07) is -0.490. The molecule has 0 spiro atoms. The van der Waals surface area contributed by atoms with Gasteiger partial charge < -0.3 is 16.0 Å². The first-order valence-corrected chi connectivity index (χ1v) is 5.87. The van der Waals surface area contributed by atoms with Crippen molar-refractivity contribution >= 4 is 11.8 Å². The van der Waals surface area contributed by atoms with Crippen LogP contribution in [-0.4, -0.2) is 42.4 Å². The number of amides is 2. The van der Waals surface area contributed by atoms with Crippen LogP contribution in [0.5, 0.6) is 0 Å². The summed E-state index contributed by atoms with van der Waals surface area (Å²) in [5, 5.41) is 2.74. The van der Waals surface area contributed by atoms with Crippen molar-refractivity contribution in [3.8, 4) is 0 Å². The largest absolute Gasteiger partial charge is 0.354 e. The van der Waals surface area contributed by atoms with Crippen LogP contribution in [0.15, 0.2) is 0 Å². The van der Waals surface area contributed by atoms with E-state index >= 15 is 0 Å². The fraction of sp³-hybridized carbons (Fsp3) is 0.818. The second kappa shape index (κ2) is 5.84. The highest BCUT2D eigenvalue weighted by molar-refractivity contribution is 5.87. The van der Waals surface area contributed by atoms with E-state index in [4.69, 9.17) is 5.73 Å². The average molecular weight is 227 g/mol. The van der Waals surface area contributed by atoms with E-state index in [1.165, 1.54) is 0 Å². The van der Waals surface area contributed by atoms with Gasteiger partial charge in [0.1, 0.15) is 0 Å². The molecule has 2 amide bonds. The van der Waals surface area contributed by atoms with E-state index in [0.29, 0.717) is 13.1 Å². The number of hydrogen-bond donors (Lipinski definition) is 2. The van der Waals surface area contributed by atoms with Crippen molar-refractivity contribution in [2.75, 3.05) is 19.6 Å². The van der Waals surface area contributed by atoms with Gasteiger partial charge in [-0.2, -0.15) is 0 Å². The number of carbonyl (C=O) groups is 2. The first kappa shape index (κ1) is 13.0. The van der Waals surface area contributed by atoms with Crippen LogP contribution >= 0.6 is 0 Å². The molecule has 0 aromatic rings. The van der Waals surface area contributed by atoms with Crippen LogP contribution in [0.2, 0.25) is 0 Å². The van der Waals surface area contributed by atoms with Gasteiger partial charge in [0.2, 0.25) is 11.8 Å². The van der Waals surface area contributed by atoms with Crippen LogP contribution in [0.25, 0.3) is 0 Å². The molecule has 5 heteroatoms. The Kier molecular flexibility index (Phi) is 4.73. The highest BCUT2D eigenvalue weighted by Gasteiger charge is 2.27. The summed E-state index contributed by atoms with van der Waals surface area (Å²) in [7, 11) is 0. The Labute approximate surface area is 96.4 Å². The van der Waals surface area contributed by atoms with Crippen LogP contribution < -0.4 is 11.1 Å². The van der Waals surface area contributed by atoms with E-state index in [2.05, 4.69) is 5.32 Å². The van der Waals surface area contributed by atoms with Gasteiger partial charge in [-0.15, -0.1) is 0 Å². The summed E-state index contributed by atoms with van der Waals surface area (Å²) >= 11 is 0. The van der Waals surface area contributed by atoms with E-state index in [0.717, 1.165) is 12.8 Å². The van der Waals surface area contributed by atoms with Crippen molar-refractivity contribution < 1.29 is 9.59 Å². The Balaban J connectivity index is 2.60. The van der Waals surface area contributed by atoms with Gasteiger partial charge in [-0.25, -0.2) is 0 Å². The molecule has 1 aliphatic heterocycles. The topological polar surface area (TPSA) is 75.4 Å². The molecule has 92 valence electrons. The molecule has 1 heterocycles. The van der Waals surface area contributed by atoms with E-state index < -0.39 is 6.04 Å². The van der Waals surface area contributed by atoms with Crippen molar-refractivity contribution in [3.05, 3.63) is 0 Å². The number of carbonyl (C=O) groups excluding carboxylic acids is 2. The number of nitrogens with one attached hydrogen (secondary N) is 1. The van der Waals surface area contributed by atoms with Gasteiger partial charge in [0, 0.05) is 13.1 Å². The number of hydrogen-bond acceptors (Lipinski definition) is 3. The van der Waals surface area contributed by atoms with Gasteiger partial charge in [-0.1, -0.05) is 20.3 Å². The second-order valence-corrected chi connectivity index (χ2v) is 4.37. The minimum atomic E-state index is -0.490. The summed E-state index contributed by atoms with van der Waals surface area (Å²) in [5.74, 6) is -0.0487. The van der Waals surface area contributed by atoms with E-state index in [1.54, 1.807) is 4.90 Å². The lowest BCUT2D eigenvalue weighted by atomic mass is 9.99. The first-order chi connectivity index (χ1) is 7.56. The quantitative estimate of drug-likeness (QED) is 0.695. The van der Waals surface area contributed by atoms with E-state index in [-0.39, 0.29) is 24.3 Å². The highest BCUT2D eigenvalue weighted by atomic mass is 16.2. The maximum absolute atomic E-state index is 12.0. The van der Waals surface area contributed by atoms with Crippen LogP contribution in [-0.2, 0) is 9.59 Å². The smallest absolute Gasteiger partial charge is 0.240 e. The SMILES string of the molecule is CC[C@H](C)[C@H](N)C(=O)N1CCCNC(=O)C1. The summed E-state index contributed by atoms with van der Waals surface area (Å²) < 4.78 is 0. The third-order valence-corrected chi connectivity index (χ3v) is 3.12. The molecule has 1 fully saturated rings. The van der Waals surface area contributed by atoms with Gasteiger partial charge in [0.05, 0.1) is 12.6 Å². The molecule has 2 atom stereocenters. The van der Waals surface area contributed by atoms with Crippen LogP contribution in [0.3, 0.4) is 0 Å². The molecule has 3 N–H and O–H groups in total. The van der Waals surface area contributed by atoms with Gasteiger partial charge >= 0.3 is 0 Å². The zero-order chi connectivity index (χ0) is 12.1. The number of nitrogens with two attached hydrogens (primary N) is 1. The molecule has 0 aromatic carbocycles. The highest BCUT2D eigenvalue weighted by Crippen LogP contribution is 2.09. The number of nitrogens with zero attached hydrogens (tertiary/aromatic N) is 1. The normalized spacial score (nSPS) is 20.9. The Morgan fingerprint density at radius 1 is 1.62 bits per heavy atom. The van der Waals surface area contributed by atoms with Gasteiger partial charge in [-0.05, 0) is 12.3 Å². The van der Waals surface area contributed by atoms with Crippen LogP contribution in [0, 0.1) is 5.92 Å². The van der Waals surface area contributed by atoms with Gasteiger partial charge in [-0.3, -0.25) is 9.59 Å². The molecule has 0 saturated carbocycles. The molecule has 1 saturated heterocycles. The summed E-state index contributed by atoms with van der Waals surface area (Å²) in [5.41, 5.74) is 5.88. The molecule has 1 rings (SSSR count). The summed E-state index contributed by atoms with van der Waals surface area (Å²) in [6.07, 6.45) is 1.66. The lowest BCUT2D eigenvalue weighted by Crippen LogP contribution is -2.49. The van der Waals surface area contributed by atoms with Gasteiger partial charge in [0.15, 0.2) is 0 Å². The van der Waals surface area contributed by atoms with Crippen molar-refractivity contribution in [1.29, 1.82) is 0 Å². The maximum atomic E-state index is 12.0. The van der Waals surface area contributed by atoms with Crippen molar-refractivity contribution in [2.45, 2.75) is 32.7 Å². The monoisotopic (exact) mass is 227 g/mol. The standard InChI is InChI=1S/C11H21N3O2/c1-3-8(2)10(12)11(16)14-6-4-5-13-9(15)7-14/h8,10H,3-7,12H2,1-2H3,(H,13,15)/t8-,10-/m0/s1. The molecule has 5 nitrogen and oxygen atoms in total. The van der Waals surface area contributed by atoms with Crippen LogP contribution in [0.4, 0.5) is 0 Å². The first-order valence-electron chi connectivity index (χ1n) is 5.87. The van der Waals surface area contributed by atoms with Gasteiger partial charge in [0.25, 0.3) is 0 Å². The summed E-state index contributed by atoms with van der Waals surface area (Å²) in [4.78, 5) is 24.9. The van der Waals surface area contributed by atoms with Crippen LogP contribution in [0.1, 0.15) is 26.7 Å². The zero-order valence-electron chi connectivity index (χ0n) is 10.0. The van der Waals surface area contributed by atoms with Crippen molar-refractivity contribution in [3.63, 3.8) is 0 Å². The molecule has 0 unspecified atom stereocenters. The molecule has 0 aliphatic carbocycles. The fourth-order valence-electron chi connectivity index (χ4n) is 1.70. The lowest BCUT2D eigenvalue weighted by molar-refractivity contribution is -0.137. The average Bonchev–Trinajstić information content (AvgIpc) is 2.50. The molecule has 1 aliphatic rings. The molecule has 0 bridgehead atoms. The number of rotatable bonds is 3. The predicted octanol–water partition coefficient (Wildman–Crippen LogP) is -0.292. The van der Waals surface area contributed by atoms with Crippen molar-refractivity contribution in [2.24, 2.45) is 11.7 Å². The predicted molar refractivity (Wildman–Crippen MR) is 61.6 cm³/mol. The third-order valence-electron chi connectivity index (χ3n) is 3.12. The fourth-order valence-corrected chi connectivity index (χ4v) is 1.70. The minimum absolute atomic E-state index is 0.0952. The molecule has 16 heavy (non-hydrogen) atoms. The minimum Gasteiger partial charge on any atom is -0.354 e. The molecule has 0 radical (unpaired) electrons. The Morgan fingerprint density at radius 2 is 2.31 bits per heavy atom. The molecular formula is C11H21N3O2. The maximum Gasteiger partial charge on any atom is 0.240 e. The third kappa shape index (κ3) is 3.20. The second-order valence-electron chi connectivity index (χ2n) is 4.37. The Morgan fingerprint density at radius 3 is 2.94 bits per heavy atom. The van der Waals surface area contributed by atoms with E-state index in [1.807, 2.05) is 13.8 Å². The molecular weight excluding hydrogens is 206 g/mol. The zero-order valence-corrected chi connectivity index (χ0v) is 10.0. The summed E-state index contributed by atoms with van der Waals surface area (Å²) in [6.45, 7) is 5.36. The van der Waals surface area contributed by atoms with Crippen molar-refractivity contribution in [1.82, 2.24) is 10.2 Å². The lowest BCUT2D eigenvalue weighted by Gasteiger charge is -2.25. The molecule has 0 aromatic heterocycles. The Hall–Kier alpha value is -1.10.